The number of nitrogens with zero attached hydrogens (tertiary/aromatic N) is 4. The number of aromatic amines is 2. The number of methoxy groups -OCH3 is 2. The van der Waals surface area contributed by atoms with Gasteiger partial charge >= 0.3 is 12.2 Å². The number of imidazole rings is 2. The Bertz CT molecular complexity index is 2640. The molecule has 4 N–H and O–H groups in total. The van der Waals surface area contributed by atoms with E-state index in [4.69, 9.17) is 19.4 Å². The molecular formula is C49H54N8O6. The lowest BCUT2D eigenvalue weighted by molar-refractivity contribution is -0.136. The molecule has 0 aliphatic carbocycles. The van der Waals surface area contributed by atoms with E-state index < -0.39 is 24.3 Å². The van der Waals surface area contributed by atoms with Crippen LogP contribution >= 0.6 is 0 Å². The van der Waals surface area contributed by atoms with E-state index in [0.29, 0.717) is 24.5 Å². The molecule has 14 heteroatoms. The predicted octanol–water partition coefficient (Wildman–Crippen LogP) is 8.65. The molecule has 2 aromatic heterocycles. The molecule has 2 saturated heterocycles. The third kappa shape index (κ3) is 9.02. The van der Waals surface area contributed by atoms with Crippen molar-refractivity contribution in [2.45, 2.75) is 71.1 Å². The van der Waals surface area contributed by atoms with Crippen LogP contribution < -0.4 is 10.6 Å². The third-order valence-electron chi connectivity index (χ3n) is 12.3. The minimum atomic E-state index is -0.887. The Labute approximate surface area is 366 Å². The van der Waals surface area contributed by atoms with Crippen molar-refractivity contribution in [3.8, 4) is 33.6 Å². The Morgan fingerprint density at radius 3 is 1.98 bits per heavy atom. The Morgan fingerprint density at radius 2 is 1.32 bits per heavy atom. The first kappa shape index (κ1) is 42.7. The third-order valence-corrected chi connectivity index (χ3v) is 12.3. The van der Waals surface area contributed by atoms with Crippen molar-refractivity contribution in [2.24, 2.45) is 11.8 Å². The minimum absolute atomic E-state index is 0.117. The van der Waals surface area contributed by atoms with E-state index in [1.165, 1.54) is 14.2 Å². The average Bonchev–Trinajstić information content (AvgIpc) is 4.14. The number of carbonyl (C=O) groups excluding carboxylic acids is 4. The SMILES string of the molecule is COC(=O)NC(C(=O)N1C[C@H](C)C[C@H]1c1ncc(-c2ccc3cc(-c4ccc(-c5cnc([C@@H]6CCCN6C(=O)[C@H](NC(=O)OC)c6cccc(C)c6)[nH]5)cc4)ccc3c2)[nH]1)C(C)C. The molecule has 0 saturated carbocycles. The highest BCUT2D eigenvalue weighted by atomic mass is 16.5. The van der Waals surface area contributed by atoms with Gasteiger partial charge in [-0.25, -0.2) is 19.6 Å². The molecule has 8 rings (SSSR count). The first-order chi connectivity index (χ1) is 30.4. The van der Waals surface area contributed by atoms with Crippen LogP contribution in [0.5, 0.6) is 0 Å². The molecule has 1 unspecified atom stereocenters. The second-order valence-corrected chi connectivity index (χ2v) is 17.1. The highest BCUT2D eigenvalue weighted by Gasteiger charge is 2.40. The molecular weight excluding hydrogens is 797 g/mol. The summed E-state index contributed by atoms with van der Waals surface area (Å²) in [6.07, 6.45) is 4.67. The molecule has 5 atom stereocenters. The molecule has 2 aliphatic heterocycles. The van der Waals surface area contributed by atoms with E-state index in [2.05, 4.69) is 88.2 Å². The topological polar surface area (TPSA) is 175 Å². The van der Waals surface area contributed by atoms with Crippen LogP contribution in [-0.4, -0.2) is 87.1 Å². The van der Waals surface area contributed by atoms with Crippen molar-refractivity contribution in [1.29, 1.82) is 0 Å². The minimum Gasteiger partial charge on any atom is -0.453 e. The second-order valence-electron chi connectivity index (χ2n) is 17.1. The van der Waals surface area contributed by atoms with E-state index >= 15 is 0 Å². The normalized spacial score (nSPS) is 18.4. The monoisotopic (exact) mass is 850 g/mol. The first-order valence-corrected chi connectivity index (χ1v) is 21.5. The van der Waals surface area contributed by atoms with Crippen LogP contribution in [0.15, 0.2) is 97.3 Å². The van der Waals surface area contributed by atoms with Crippen molar-refractivity contribution < 1.29 is 28.7 Å². The van der Waals surface area contributed by atoms with Gasteiger partial charge in [0.05, 0.1) is 50.1 Å². The van der Waals surface area contributed by atoms with Crippen LogP contribution in [-0.2, 0) is 19.1 Å². The number of hydrogen-bond acceptors (Lipinski definition) is 8. The zero-order valence-corrected chi connectivity index (χ0v) is 36.5. The molecule has 2 fully saturated rings. The quantitative estimate of drug-likeness (QED) is 0.100. The molecule has 14 nitrogen and oxygen atoms in total. The summed E-state index contributed by atoms with van der Waals surface area (Å²) in [6, 6.07) is 26.6. The standard InChI is InChI=1S/C49H54N8O6/c1-28(2)42(54-48(60)62-5)46(58)57-27-30(4)22-41(57)45-51-26-39(53-45)36-19-18-34-23-33(16-17-35(34)24-36)31-12-14-32(15-13-31)38-25-50-44(52-38)40-11-8-20-56(40)47(59)43(55-49(61)63-6)37-10-7-9-29(3)21-37/h7,9-10,12-19,21,23-26,28,30,40-43H,8,11,20,22,27H2,1-6H3,(H,50,52)(H,51,53)(H,54,60)(H,55,61)/t30-,40+,41+,42?,43-/m1/s1. The van der Waals surface area contributed by atoms with E-state index in [1.54, 1.807) is 4.90 Å². The smallest absolute Gasteiger partial charge is 0.407 e. The lowest BCUT2D eigenvalue weighted by atomic mass is 9.98. The number of amides is 4. The van der Waals surface area contributed by atoms with Crippen molar-refractivity contribution in [3.63, 3.8) is 0 Å². The van der Waals surface area contributed by atoms with Crippen LogP contribution in [0.1, 0.15) is 80.9 Å². The maximum atomic E-state index is 14.0. The zero-order valence-electron chi connectivity index (χ0n) is 36.5. The summed E-state index contributed by atoms with van der Waals surface area (Å²) in [5.74, 6) is 1.24. The Kier molecular flexibility index (Phi) is 12.3. The molecule has 2 aliphatic rings. The van der Waals surface area contributed by atoms with Gasteiger partial charge in [0.15, 0.2) is 0 Å². The van der Waals surface area contributed by atoms with Gasteiger partial charge in [0, 0.05) is 18.7 Å². The molecule has 63 heavy (non-hydrogen) atoms. The summed E-state index contributed by atoms with van der Waals surface area (Å²) >= 11 is 0. The number of aryl methyl sites for hydroxylation is 1. The number of likely N-dealkylation sites (tertiary alicyclic amines) is 2. The van der Waals surface area contributed by atoms with Gasteiger partial charge in [-0.2, -0.15) is 0 Å². The molecule has 4 amide bonds. The Hall–Kier alpha value is -6.96. The molecule has 0 radical (unpaired) electrons. The number of aromatic nitrogens is 4. The fourth-order valence-corrected chi connectivity index (χ4v) is 8.96. The number of H-pyrrole nitrogens is 2. The van der Waals surface area contributed by atoms with E-state index in [9.17, 15) is 19.2 Å². The fraction of sp³-hybridized carbons (Fsp3) is 0.347. The second kappa shape index (κ2) is 18.2. The van der Waals surface area contributed by atoms with Crippen LogP contribution in [0.25, 0.3) is 44.4 Å². The molecule has 4 aromatic carbocycles. The summed E-state index contributed by atoms with van der Waals surface area (Å²) in [5, 5.41) is 7.64. The summed E-state index contributed by atoms with van der Waals surface area (Å²) in [6.45, 7) is 9.02. The summed E-state index contributed by atoms with van der Waals surface area (Å²) in [5.41, 5.74) is 7.51. The maximum Gasteiger partial charge on any atom is 0.407 e. The lowest BCUT2D eigenvalue weighted by Crippen LogP contribution is -2.51. The van der Waals surface area contributed by atoms with Gasteiger partial charge in [0.25, 0.3) is 5.91 Å². The van der Waals surface area contributed by atoms with E-state index in [-0.39, 0.29) is 35.7 Å². The van der Waals surface area contributed by atoms with Crippen molar-refractivity contribution in [2.75, 3.05) is 27.3 Å². The van der Waals surface area contributed by atoms with Gasteiger partial charge in [0.2, 0.25) is 5.91 Å². The van der Waals surface area contributed by atoms with Crippen LogP contribution in [0, 0.1) is 18.8 Å². The molecule has 4 heterocycles. The number of alkyl carbamates (subject to hydrolysis) is 2. The largest absolute Gasteiger partial charge is 0.453 e. The van der Waals surface area contributed by atoms with Crippen LogP contribution in [0.3, 0.4) is 0 Å². The van der Waals surface area contributed by atoms with Gasteiger partial charge in [-0.3, -0.25) is 9.59 Å². The highest BCUT2D eigenvalue weighted by Crippen LogP contribution is 2.38. The molecule has 326 valence electrons. The van der Waals surface area contributed by atoms with Crippen molar-refractivity contribution in [3.05, 3.63) is 120 Å². The lowest BCUT2D eigenvalue weighted by Gasteiger charge is -2.30. The fourth-order valence-electron chi connectivity index (χ4n) is 8.96. The van der Waals surface area contributed by atoms with Crippen molar-refractivity contribution in [1.82, 2.24) is 40.4 Å². The summed E-state index contributed by atoms with van der Waals surface area (Å²) in [4.78, 5) is 72.3. The number of benzene rings is 4. The number of fused-ring (bicyclic) bond motifs is 1. The summed E-state index contributed by atoms with van der Waals surface area (Å²) in [7, 11) is 2.58. The number of carbonyl (C=O) groups is 4. The van der Waals surface area contributed by atoms with Gasteiger partial charge in [-0.1, -0.05) is 99.1 Å². The Balaban J connectivity index is 0.950. The van der Waals surface area contributed by atoms with E-state index in [0.717, 1.165) is 75.1 Å². The molecule has 0 spiro atoms. The molecule has 0 bridgehead atoms. The highest BCUT2D eigenvalue weighted by molar-refractivity contribution is 5.91. The van der Waals surface area contributed by atoms with Gasteiger partial charge in [-0.15, -0.1) is 0 Å². The first-order valence-electron chi connectivity index (χ1n) is 21.5. The molecule has 6 aromatic rings. The van der Waals surface area contributed by atoms with Gasteiger partial charge in [0.1, 0.15) is 23.7 Å². The Morgan fingerprint density at radius 1 is 0.714 bits per heavy atom. The average molecular weight is 851 g/mol. The van der Waals surface area contributed by atoms with Crippen molar-refractivity contribution >= 4 is 34.8 Å². The summed E-state index contributed by atoms with van der Waals surface area (Å²) < 4.78 is 9.66. The van der Waals surface area contributed by atoms with Gasteiger partial charge < -0.3 is 39.9 Å². The number of rotatable bonds is 11. The van der Waals surface area contributed by atoms with Crippen LogP contribution in [0.4, 0.5) is 9.59 Å². The maximum absolute atomic E-state index is 14.0. The predicted molar refractivity (Wildman–Crippen MR) is 240 cm³/mol. The van der Waals surface area contributed by atoms with Gasteiger partial charge in [-0.05, 0) is 83.2 Å². The number of hydrogen-bond donors (Lipinski definition) is 4. The number of nitrogens with one attached hydrogen (secondary N) is 4. The zero-order chi connectivity index (χ0) is 44.4. The number of ether oxygens (including phenoxy) is 2. The van der Waals surface area contributed by atoms with Crippen LogP contribution in [0.2, 0.25) is 0 Å². The van der Waals surface area contributed by atoms with E-state index in [1.807, 2.05) is 62.3 Å².